The number of carbonyl (C=O) groups is 2. The molecule has 4 rings (SSSR count). The third-order valence-electron chi connectivity index (χ3n) is 8.46. The summed E-state index contributed by atoms with van der Waals surface area (Å²) in [4.78, 5) is 42.9. The van der Waals surface area contributed by atoms with E-state index in [1.165, 1.54) is 13.8 Å². The number of esters is 1. The van der Waals surface area contributed by atoms with Crippen molar-refractivity contribution in [1.29, 1.82) is 0 Å². The lowest BCUT2D eigenvalue weighted by Gasteiger charge is -2.54. The van der Waals surface area contributed by atoms with Gasteiger partial charge in [-0.2, -0.15) is 0 Å². The lowest BCUT2D eigenvalue weighted by Crippen LogP contribution is -2.65. The molecule has 2 unspecified atom stereocenters. The number of ketones is 1. The number of rotatable bonds is 5. The van der Waals surface area contributed by atoms with E-state index >= 15 is 0 Å². The molecule has 10 heteroatoms. The third kappa shape index (κ3) is 4.96. The number of ether oxygens (including phenoxy) is 2. The van der Waals surface area contributed by atoms with Crippen molar-refractivity contribution in [2.45, 2.75) is 90.0 Å². The Morgan fingerprint density at radius 1 is 1.21 bits per heavy atom. The van der Waals surface area contributed by atoms with E-state index in [1.54, 1.807) is 30.6 Å². The van der Waals surface area contributed by atoms with Gasteiger partial charge in [-0.3, -0.25) is 14.6 Å². The molecular formula is C28H37NO8Si. The molecule has 2 aromatic heterocycles. The van der Waals surface area contributed by atoms with Crippen molar-refractivity contribution in [2.24, 2.45) is 11.8 Å². The number of hydrogen-bond acceptors (Lipinski definition) is 9. The highest BCUT2D eigenvalue weighted by Crippen LogP contribution is 2.52. The zero-order valence-corrected chi connectivity index (χ0v) is 24.3. The fraction of sp³-hybridized carbons (Fsp3) is 0.571. The van der Waals surface area contributed by atoms with Crippen LogP contribution in [0.4, 0.5) is 0 Å². The lowest BCUT2D eigenvalue weighted by atomic mass is 9.64. The standard InChI is InChI=1S/C28H37NO8Si/c1-16(30)35-28(6,33)18-12-19-24(31)23-21(14-20(34-25(23)32)17-10-9-11-29-15-17)36-27(19,5)22(13-18)37-38(7,8)26(2,3)4/h9-11,14-15,18-19,22,33H,12-13H2,1-8H3/t18-,19-,22?,27-,28?/m0/s1. The molecule has 2 aliphatic rings. The maximum atomic E-state index is 13.9. The fourth-order valence-corrected chi connectivity index (χ4v) is 6.58. The van der Waals surface area contributed by atoms with Gasteiger partial charge in [-0.1, -0.05) is 20.8 Å². The minimum absolute atomic E-state index is 0.135. The Balaban J connectivity index is 1.83. The maximum Gasteiger partial charge on any atom is 0.351 e. The van der Waals surface area contributed by atoms with Gasteiger partial charge in [-0.05, 0) is 50.0 Å². The molecule has 1 N–H and O–H groups in total. The normalized spacial score (nSPS) is 27.0. The average molecular weight is 544 g/mol. The van der Waals surface area contributed by atoms with Gasteiger partial charge in [-0.15, -0.1) is 0 Å². The summed E-state index contributed by atoms with van der Waals surface area (Å²) in [5, 5.41) is 11.0. The highest BCUT2D eigenvalue weighted by atomic mass is 28.4. The van der Waals surface area contributed by atoms with Gasteiger partial charge in [0, 0.05) is 43.8 Å². The van der Waals surface area contributed by atoms with Gasteiger partial charge in [0.2, 0.25) is 5.79 Å². The number of carbonyl (C=O) groups excluding carboxylic acids is 2. The van der Waals surface area contributed by atoms with Crippen LogP contribution in [0.3, 0.4) is 0 Å². The van der Waals surface area contributed by atoms with Crippen molar-refractivity contribution in [3.8, 4) is 17.1 Å². The van der Waals surface area contributed by atoms with Crippen LogP contribution in [-0.4, -0.2) is 47.7 Å². The molecule has 0 spiro atoms. The molecule has 0 bridgehead atoms. The summed E-state index contributed by atoms with van der Waals surface area (Å²) in [5.74, 6) is -3.99. The summed E-state index contributed by atoms with van der Waals surface area (Å²) in [6.07, 6.45) is 2.97. The highest BCUT2D eigenvalue weighted by Gasteiger charge is 2.61. The predicted octanol–water partition coefficient (Wildman–Crippen LogP) is 4.72. The fourth-order valence-electron chi connectivity index (χ4n) is 5.18. The van der Waals surface area contributed by atoms with Gasteiger partial charge >= 0.3 is 11.6 Å². The first-order valence-corrected chi connectivity index (χ1v) is 15.8. The Kier molecular flexibility index (Phi) is 6.99. The first kappa shape index (κ1) is 28.2. The largest absolute Gasteiger partial charge is 0.483 e. The minimum Gasteiger partial charge on any atom is -0.483 e. The molecule has 1 aliphatic carbocycles. The zero-order valence-electron chi connectivity index (χ0n) is 23.3. The van der Waals surface area contributed by atoms with Gasteiger partial charge in [0.1, 0.15) is 22.7 Å². The van der Waals surface area contributed by atoms with E-state index in [4.69, 9.17) is 18.3 Å². The minimum atomic E-state index is -2.39. The zero-order chi connectivity index (χ0) is 28.3. The topological polar surface area (TPSA) is 125 Å². The maximum absolute atomic E-state index is 13.9. The first-order valence-electron chi connectivity index (χ1n) is 12.9. The van der Waals surface area contributed by atoms with Crippen molar-refractivity contribution in [3.05, 3.63) is 46.6 Å². The quantitative estimate of drug-likeness (QED) is 0.324. The number of aliphatic hydroxyl groups is 1. The lowest BCUT2D eigenvalue weighted by molar-refractivity contribution is -0.239. The van der Waals surface area contributed by atoms with Gasteiger partial charge < -0.3 is 23.4 Å². The van der Waals surface area contributed by atoms with Crippen molar-refractivity contribution < 1.29 is 33.0 Å². The van der Waals surface area contributed by atoms with Crippen molar-refractivity contribution in [2.75, 3.05) is 0 Å². The van der Waals surface area contributed by atoms with Crippen LogP contribution in [0.5, 0.6) is 5.75 Å². The molecule has 0 aromatic carbocycles. The van der Waals surface area contributed by atoms with E-state index in [1.807, 2.05) is 6.92 Å². The number of hydrogen-bond donors (Lipinski definition) is 1. The second-order valence-corrected chi connectivity index (χ2v) is 17.0. The Labute approximate surface area is 223 Å². The molecule has 206 valence electrons. The number of aromatic nitrogens is 1. The van der Waals surface area contributed by atoms with Crippen LogP contribution in [-0.2, 0) is 14.0 Å². The number of Topliss-reactive ketones (excluding diaryl/α,β-unsaturated/α-hetero) is 1. The molecule has 1 saturated carbocycles. The van der Waals surface area contributed by atoms with Crippen molar-refractivity contribution in [3.63, 3.8) is 0 Å². The molecule has 1 aliphatic heterocycles. The van der Waals surface area contributed by atoms with E-state index in [2.05, 4.69) is 38.8 Å². The van der Waals surface area contributed by atoms with E-state index in [-0.39, 0.29) is 28.5 Å². The van der Waals surface area contributed by atoms with E-state index < -0.39 is 55.0 Å². The summed E-state index contributed by atoms with van der Waals surface area (Å²) >= 11 is 0. The summed E-state index contributed by atoms with van der Waals surface area (Å²) in [7, 11) is -2.39. The van der Waals surface area contributed by atoms with Crippen LogP contribution < -0.4 is 10.4 Å². The van der Waals surface area contributed by atoms with Gasteiger partial charge in [-0.25, -0.2) is 4.79 Å². The van der Waals surface area contributed by atoms with Crippen LogP contribution in [0.15, 0.2) is 39.8 Å². The molecule has 0 saturated heterocycles. The highest BCUT2D eigenvalue weighted by molar-refractivity contribution is 6.74. The number of pyridine rings is 1. The smallest absolute Gasteiger partial charge is 0.351 e. The van der Waals surface area contributed by atoms with Crippen LogP contribution in [0.2, 0.25) is 18.1 Å². The van der Waals surface area contributed by atoms with Crippen molar-refractivity contribution >= 4 is 20.1 Å². The number of nitrogens with zero attached hydrogens (tertiary/aromatic N) is 1. The Hall–Kier alpha value is -2.82. The van der Waals surface area contributed by atoms with Crippen LogP contribution in [0.1, 0.15) is 64.7 Å². The monoisotopic (exact) mass is 543 g/mol. The molecular weight excluding hydrogens is 506 g/mol. The SMILES string of the molecule is CC(=O)OC(C)(O)[C@@H]1CC(O[Si](C)(C)C(C)(C)C)[C@@]2(C)Oc3cc(-c4cccnc4)oc(=O)c3C(=O)[C@@H]2C1. The Bertz CT molecular complexity index is 1300. The second-order valence-electron chi connectivity index (χ2n) is 12.3. The van der Waals surface area contributed by atoms with Crippen molar-refractivity contribution in [1.82, 2.24) is 4.98 Å². The molecule has 0 radical (unpaired) electrons. The van der Waals surface area contributed by atoms with E-state index in [0.29, 0.717) is 12.0 Å². The molecule has 0 amide bonds. The Morgan fingerprint density at radius 3 is 2.47 bits per heavy atom. The molecule has 9 nitrogen and oxygen atoms in total. The third-order valence-corrected chi connectivity index (χ3v) is 12.9. The van der Waals surface area contributed by atoms with Crippen LogP contribution in [0, 0.1) is 11.8 Å². The van der Waals surface area contributed by atoms with E-state index in [0.717, 1.165) is 0 Å². The Morgan fingerprint density at radius 2 is 1.89 bits per heavy atom. The molecule has 1 fully saturated rings. The number of fused-ring (bicyclic) bond motifs is 2. The summed E-state index contributed by atoms with van der Waals surface area (Å²) < 4.78 is 24.2. The molecule has 2 aromatic rings. The molecule has 38 heavy (non-hydrogen) atoms. The predicted molar refractivity (Wildman–Crippen MR) is 142 cm³/mol. The molecule has 5 atom stereocenters. The van der Waals surface area contributed by atoms with Gasteiger partial charge in [0.05, 0.1) is 12.0 Å². The van der Waals surface area contributed by atoms with Gasteiger partial charge in [0.25, 0.3) is 0 Å². The second kappa shape index (κ2) is 9.43. The summed E-state index contributed by atoms with van der Waals surface area (Å²) in [6, 6.07) is 5.02. The molecule has 3 heterocycles. The van der Waals surface area contributed by atoms with Crippen LogP contribution >= 0.6 is 0 Å². The summed E-state index contributed by atoms with van der Waals surface area (Å²) in [6.45, 7) is 15.0. The first-order chi connectivity index (χ1) is 17.5. The van der Waals surface area contributed by atoms with E-state index in [9.17, 15) is 19.5 Å². The van der Waals surface area contributed by atoms with Crippen LogP contribution in [0.25, 0.3) is 11.3 Å². The average Bonchev–Trinajstić information content (AvgIpc) is 2.78. The summed E-state index contributed by atoms with van der Waals surface area (Å²) in [5.41, 5.74) is -1.53. The van der Waals surface area contributed by atoms with Gasteiger partial charge in [0.15, 0.2) is 14.1 Å².